The zero-order valence-electron chi connectivity index (χ0n) is 12.9. The average Bonchev–Trinajstić information content (AvgIpc) is 2.48. The van der Waals surface area contributed by atoms with E-state index in [0.29, 0.717) is 30.9 Å². The van der Waals surface area contributed by atoms with Crippen molar-refractivity contribution in [2.24, 2.45) is 0 Å². The van der Waals surface area contributed by atoms with Gasteiger partial charge in [-0.2, -0.15) is 0 Å². The molecule has 5 nitrogen and oxygen atoms in total. The molecule has 0 aromatic heterocycles. The van der Waals surface area contributed by atoms with Crippen LogP contribution in [0.3, 0.4) is 0 Å². The molecule has 1 rings (SSSR count). The van der Waals surface area contributed by atoms with Gasteiger partial charge in [-0.3, -0.25) is 4.79 Å². The fourth-order valence-electron chi connectivity index (χ4n) is 2.10. The summed E-state index contributed by atoms with van der Waals surface area (Å²) >= 11 is 0. The van der Waals surface area contributed by atoms with Gasteiger partial charge in [0.2, 0.25) is 0 Å². The van der Waals surface area contributed by atoms with Crippen LogP contribution in [0.25, 0.3) is 0 Å². The molecule has 1 N–H and O–H groups in total. The molecule has 0 heterocycles. The van der Waals surface area contributed by atoms with E-state index in [0.717, 1.165) is 13.1 Å². The van der Waals surface area contributed by atoms with Gasteiger partial charge in [0.25, 0.3) is 0 Å². The monoisotopic (exact) mass is 293 g/mol. The minimum absolute atomic E-state index is 0.0329. The summed E-state index contributed by atoms with van der Waals surface area (Å²) in [6.07, 6.45) is 0.384. The van der Waals surface area contributed by atoms with Gasteiger partial charge in [0.15, 0.2) is 5.78 Å². The maximum Gasteiger partial charge on any atom is 0.339 e. The predicted molar refractivity (Wildman–Crippen MR) is 81.3 cm³/mol. The predicted octanol–water partition coefficient (Wildman–Crippen LogP) is 2.70. The molecule has 0 bridgehead atoms. The Hall–Kier alpha value is -1.88. The SMILES string of the molecule is CCOc1ccc(C(=O)CCN(CC)CC)cc1C(=O)O. The summed E-state index contributed by atoms with van der Waals surface area (Å²) in [5, 5.41) is 9.19. The third kappa shape index (κ3) is 4.86. The van der Waals surface area contributed by atoms with Crippen LogP contribution in [0.15, 0.2) is 18.2 Å². The van der Waals surface area contributed by atoms with E-state index in [1.165, 1.54) is 6.07 Å². The number of carboxylic acid groups (broad SMARTS) is 1. The second-order valence-corrected chi connectivity index (χ2v) is 4.65. The Balaban J connectivity index is 2.85. The van der Waals surface area contributed by atoms with Crippen molar-refractivity contribution in [3.8, 4) is 5.75 Å². The van der Waals surface area contributed by atoms with E-state index in [4.69, 9.17) is 4.74 Å². The summed E-state index contributed by atoms with van der Waals surface area (Å²) in [4.78, 5) is 25.6. The first-order valence-electron chi connectivity index (χ1n) is 7.29. The Kier molecular flexibility index (Phi) is 6.88. The van der Waals surface area contributed by atoms with Gasteiger partial charge >= 0.3 is 5.97 Å². The van der Waals surface area contributed by atoms with E-state index in [-0.39, 0.29) is 11.3 Å². The summed E-state index contributed by atoms with van der Waals surface area (Å²) in [6, 6.07) is 4.58. The maximum absolute atomic E-state index is 12.2. The minimum atomic E-state index is -1.09. The van der Waals surface area contributed by atoms with Crippen molar-refractivity contribution in [1.82, 2.24) is 4.90 Å². The summed E-state index contributed by atoms with van der Waals surface area (Å²) in [5.41, 5.74) is 0.452. The molecule has 0 aliphatic rings. The Morgan fingerprint density at radius 2 is 1.86 bits per heavy atom. The molecule has 0 radical (unpaired) electrons. The van der Waals surface area contributed by atoms with Gasteiger partial charge in [0, 0.05) is 18.5 Å². The molecule has 0 saturated heterocycles. The fraction of sp³-hybridized carbons (Fsp3) is 0.500. The Morgan fingerprint density at radius 1 is 1.19 bits per heavy atom. The van der Waals surface area contributed by atoms with Crippen LogP contribution in [0.5, 0.6) is 5.75 Å². The van der Waals surface area contributed by atoms with E-state index in [1.807, 2.05) is 13.8 Å². The first-order valence-corrected chi connectivity index (χ1v) is 7.29. The summed E-state index contributed by atoms with van der Waals surface area (Å²) in [7, 11) is 0. The molecular formula is C16H23NO4. The molecule has 116 valence electrons. The van der Waals surface area contributed by atoms with E-state index < -0.39 is 5.97 Å². The van der Waals surface area contributed by atoms with Crippen molar-refractivity contribution in [2.75, 3.05) is 26.2 Å². The molecule has 0 aliphatic carbocycles. The topological polar surface area (TPSA) is 66.8 Å². The van der Waals surface area contributed by atoms with Gasteiger partial charge in [-0.25, -0.2) is 4.79 Å². The number of benzene rings is 1. The van der Waals surface area contributed by atoms with Crippen molar-refractivity contribution in [2.45, 2.75) is 27.2 Å². The van der Waals surface area contributed by atoms with E-state index in [1.54, 1.807) is 19.1 Å². The number of ether oxygens (including phenoxy) is 1. The third-order valence-corrected chi connectivity index (χ3v) is 3.38. The number of Topliss-reactive ketones (excluding diaryl/α,β-unsaturated/α-hetero) is 1. The molecule has 0 fully saturated rings. The van der Waals surface area contributed by atoms with Crippen molar-refractivity contribution in [1.29, 1.82) is 0 Å². The van der Waals surface area contributed by atoms with Crippen LogP contribution in [0.2, 0.25) is 0 Å². The van der Waals surface area contributed by atoms with E-state index in [9.17, 15) is 14.7 Å². The molecular weight excluding hydrogens is 270 g/mol. The Morgan fingerprint density at radius 3 is 2.38 bits per heavy atom. The number of ketones is 1. The molecule has 0 unspecified atom stereocenters. The first kappa shape index (κ1) is 17.2. The largest absolute Gasteiger partial charge is 0.493 e. The third-order valence-electron chi connectivity index (χ3n) is 3.38. The molecule has 0 spiro atoms. The number of rotatable bonds is 9. The highest BCUT2D eigenvalue weighted by Crippen LogP contribution is 2.21. The minimum Gasteiger partial charge on any atom is -0.493 e. The molecule has 21 heavy (non-hydrogen) atoms. The highest BCUT2D eigenvalue weighted by molar-refractivity contribution is 6.00. The lowest BCUT2D eigenvalue weighted by Crippen LogP contribution is -2.25. The van der Waals surface area contributed by atoms with Gasteiger partial charge in [0.05, 0.1) is 6.61 Å². The average molecular weight is 293 g/mol. The van der Waals surface area contributed by atoms with Crippen LogP contribution in [0, 0.1) is 0 Å². The van der Waals surface area contributed by atoms with Crippen LogP contribution in [-0.4, -0.2) is 48.0 Å². The highest BCUT2D eigenvalue weighted by atomic mass is 16.5. The second kappa shape index (κ2) is 8.42. The van der Waals surface area contributed by atoms with Crippen molar-refractivity contribution in [3.05, 3.63) is 29.3 Å². The molecule has 0 saturated carbocycles. The van der Waals surface area contributed by atoms with Crippen LogP contribution in [0.1, 0.15) is 47.9 Å². The summed E-state index contributed by atoms with van der Waals surface area (Å²) in [5.74, 6) is -0.838. The molecule has 0 aliphatic heterocycles. The Labute approximate surface area is 125 Å². The number of hydrogen-bond acceptors (Lipinski definition) is 4. The van der Waals surface area contributed by atoms with Crippen LogP contribution in [-0.2, 0) is 0 Å². The number of hydrogen-bond donors (Lipinski definition) is 1. The number of carbonyl (C=O) groups is 2. The normalized spacial score (nSPS) is 10.7. The lowest BCUT2D eigenvalue weighted by Gasteiger charge is -2.17. The maximum atomic E-state index is 12.2. The zero-order valence-corrected chi connectivity index (χ0v) is 12.9. The molecule has 5 heteroatoms. The number of aromatic carboxylic acids is 1. The van der Waals surface area contributed by atoms with E-state index in [2.05, 4.69) is 4.90 Å². The zero-order chi connectivity index (χ0) is 15.8. The Bertz CT molecular complexity index is 495. The number of carboxylic acids is 1. The standard InChI is InChI=1S/C16H23NO4/c1-4-17(5-2)10-9-14(18)12-7-8-15(21-6-3)13(11-12)16(19)20/h7-8,11H,4-6,9-10H2,1-3H3,(H,19,20). The van der Waals surface area contributed by atoms with Crippen molar-refractivity contribution < 1.29 is 19.4 Å². The van der Waals surface area contributed by atoms with E-state index >= 15 is 0 Å². The van der Waals surface area contributed by atoms with Crippen molar-refractivity contribution >= 4 is 11.8 Å². The number of carbonyl (C=O) groups excluding carboxylic acids is 1. The smallest absolute Gasteiger partial charge is 0.339 e. The fourth-order valence-corrected chi connectivity index (χ4v) is 2.10. The van der Waals surface area contributed by atoms with Crippen LogP contribution >= 0.6 is 0 Å². The lowest BCUT2D eigenvalue weighted by atomic mass is 10.0. The van der Waals surface area contributed by atoms with Gasteiger partial charge in [-0.1, -0.05) is 13.8 Å². The molecule has 0 amide bonds. The molecule has 0 atom stereocenters. The highest BCUT2D eigenvalue weighted by Gasteiger charge is 2.15. The summed E-state index contributed by atoms with van der Waals surface area (Å²) < 4.78 is 5.27. The van der Waals surface area contributed by atoms with Crippen molar-refractivity contribution in [3.63, 3.8) is 0 Å². The lowest BCUT2D eigenvalue weighted by molar-refractivity contribution is 0.0692. The molecule has 1 aromatic carbocycles. The van der Waals surface area contributed by atoms with Crippen LogP contribution < -0.4 is 4.74 Å². The van der Waals surface area contributed by atoms with Gasteiger partial charge in [-0.05, 0) is 38.2 Å². The van der Waals surface area contributed by atoms with Crippen LogP contribution in [0.4, 0.5) is 0 Å². The molecule has 1 aromatic rings. The second-order valence-electron chi connectivity index (χ2n) is 4.65. The first-order chi connectivity index (χ1) is 10.0. The quantitative estimate of drug-likeness (QED) is 0.709. The number of nitrogens with zero attached hydrogens (tertiary/aromatic N) is 1. The van der Waals surface area contributed by atoms with Gasteiger partial charge in [-0.15, -0.1) is 0 Å². The van der Waals surface area contributed by atoms with Gasteiger partial charge in [0.1, 0.15) is 11.3 Å². The van der Waals surface area contributed by atoms with Gasteiger partial charge < -0.3 is 14.7 Å². The summed E-state index contributed by atoms with van der Waals surface area (Å²) in [6.45, 7) is 8.74.